The first kappa shape index (κ1) is 17.7. The number of alkyl halides is 3. The average molecular weight is 372 g/mol. The molecule has 1 aliphatic rings. The number of benzene rings is 2. The van der Waals surface area contributed by atoms with Crippen molar-refractivity contribution in [2.45, 2.75) is 31.0 Å². The van der Waals surface area contributed by atoms with Gasteiger partial charge >= 0.3 is 6.18 Å². The van der Waals surface area contributed by atoms with Crippen LogP contribution in [-0.4, -0.2) is 11.9 Å². The van der Waals surface area contributed by atoms with Crippen LogP contribution in [-0.2, 0) is 6.18 Å². The lowest BCUT2D eigenvalue weighted by atomic mass is 9.74. The van der Waals surface area contributed by atoms with E-state index in [2.05, 4.69) is 5.32 Å². The molecule has 0 aliphatic heterocycles. The Balaban J connectivity index is 1.78. The van der Waals surface area contributed by atoms with Crippen LogP contribution in [0.3, 0.4) is 0 Å². The van der Waals surface area contributed by atoms with E-state index in [1.54, 1.807) is 12.1 Å². The molecule has 132 valence electrons. The third kappa shape index (κ3) is 3.63. The highest BCUT2D eigenvalue weighted by atomic mass is 35.5. The summed E-state index contributed by atoms with van der Waals surface area (Å²) in [5.41, 5.74) is -1.01. The smallest absolute Gasteiger partial charge is 0.349 e. The third-order valence-electron chi connectivity index (χ3n) is 4.43. The standard InChI is InChI=1S/C18H14ClF4NO/c19-10-5-6-11(15(20)9-10)12-7-8-16(12)24-17(25)13-3-1-2-4-14(13)18(21,22)23/h1-6,9,12,16H,7-8H2,(H,24,25)/t12-,16?/m0/s1. The zero-order valence-corrected chi connectivity index (χ0v) is 13.7. The normalized spacial score (nSPS) is 20.0. The van der Waals surface area contributed by atoms with E-state index in [1.807, 2.05) is 0 Å². The lowest BCUT2D eigenvalue weighted by molar-refractivity contribution is -0.137. The van der Waals surface area contributed by atoms with E-state index < -0.39 is 35.1 Å². The Morgan fingerprint density at radius 2 is 1.84 bits per heavy atom. The second kappa shape index (κ2) is 6.67. The van der Waals surface area contributed by atoms with Crippen molar-refractivity contribution in [3.8, 4) is 0 Å². The molecule has 3 rings (SSSR count). The fraction of sp³-hybridized carbons (Fsp3) is 0.278. The number of carbonyl (C=O) groups excluding carboxylic acids is 1. The maximum absolute atomic E-state index is 14.0. The van der Waals surface area contributed by atoms with Gasteiger partial charge in [0.1, 0.15) is 5.82 Å². The quantitative estimate of drug-likeness (QED) is 0.740. The van der Waals surface area contributed by atoms with Crippen LogP contribution in [0.25, 0.3) is 0 Å². The molecular weight excluding hydrogens is 358 g/mol. The number of hydrogen-bond donors (Lipinski definition) is 1. The molecule has 7 heteroatoms. The lowest BCUT2D eigenvalue weighted by Crippen LogP contribution is -2.46. The first-order valence-electron chi connectivity index (χ1n) is 7.69. The van der Waals surface area contributed by atoms with E-state index in [9.17, 15) is 22.4 Å². The van der Waals surface area contributed by atoms with Crippen molar-refractivity contribution in [2.24, 2.45) is 0 Å². The Hall–Kier alpha value is -2.08. The number of carbonyl (C=O) groups is 1. The molecule has 0 bridgehead atoms. The predicted octanol–water partition coefficient (Wildman–Crippen LogP) is 5.17. The monoisotopic (exact) mass is 371 g/mol. The molecule has 1 unspecified atom stereocenters. The fourth-order valence-corrected chi connectivity index (χ4v) is 3.18. The zero-order valence-electron chi connectivity index (χ0n) is 12.9. The molecule has 2 nitrogen and oxygen atoms in total. The molecule has 0 spiro atoms. The highest BCUT2D eigenvalue weighted by Crippen LogP contribution is 2.39. The molecule has 1 saturated carbocycles. The van der Waals surface area contributed by atoms with Gasteiger partial charge < -0.3 is 5.32 Å². The molecule has 1 N–H and O–H groups in total. The fourth-order valence-electron chi connectivity index (χ4n) is 3.02. The highest BCUT2D eigenvalue weighted by Gasteiger charge is 2.38. The van der Waals surface area contributed by atoms with Crippen molar-refractivity contribution in [1.29, 1.82) is 0 Å². The predicted molar refractivity (Wildman–Crippen MR) is 86.1 cm³/mol. The van der Waals surface area contributed by atoms with Gasteiger partial charge in [-0.1, -0.05) is 29.8 Å². The van der Waals surface area contributed by atoms with E-state index in [4.69, 9.17) is 11.6 Å². The largest absolute Gasteiger partial charge is 0.417 e. The van der Waals surface area contributed by atoms with Gasteiger partial charge in [-0.15, -0.1) is 0 Å². The number of halogens is 5. The number of amides is 1. The summed E-state index contributed by atoms with van der Waals surface area (Å²) in [6.07, 6.45) is -3.40. The molecule has 2 aromatic rings. The summed E-state index contributed by atoms with van der Waals surface area (Å²) in [5.74, 6) is -1.57. The Labute approximate surface area is 146 Å². The van der Waals surface area contributed by atoms with E-state index in [-0.39, 0.29) is 10.9 Å². The summed E-state index contributed by atoms with van der Waals surface area (Å²) in [4.78, 5) is 12.3. The summed E-state index contributed by atoms with van der Waals surface area (Å²) in [6, 6.07) is 8.48. The van der Waals surface area contributed by atoms with Crippen LogP contribution in [0.2, 0.25) is 5.02 Å². The molecule has 1 aliphatic carbocycles. The molecule has 0 heterocycles. The molecule has 0 aromatic heterocycles. The van der Waals surface area contributed by atoms with E-state index in [1.165, 1.54) is 18.2 Å². The lowest BCUT2D eigenvalue weighted by Gasteiger charge is -2.37. The van der Waals surface area contributed by atoms with E-state index >= 15 is 0 Å². The van der Waals surface area contributed by atoms with Gasteiger partial charge in [-0.2, -0.15) is 13.2 Å². The van der Waals surface area contributed by atoms with Gasteiger partial charge in [0.15, 0.2) is 0 Å². The topological polar surface area (TPSA) is 29.1 Å². The van der Waals surface area contributed by atoms with Crippen LogP contribution in [0, 0.1) is 5.82 Å². The van der Waals surface area contributed by atoms with Crippen LogP contribution in [0.1, 0.15) is 40.2 Å². The van der Waals surface area contributed by atoms with E-state index in [0.717, 1.165) is 12.1 Å². The number of rotatable bonds is 3. The first-order chi connectivity index (χ1) is 11.8. The van der Waals surface area contributed by atoms with Gasteiger partial charge in [0.05, 0.1) is 11.1 Å². The van der Waals surface area contributed by atoms with Crippen molar-refractivity contribution in [2.75, 3.05) is 0 Å². The minimum atomic E-state index is -4.62. The van der Waals surface area contributed by atoms with Gasteiger partial charge in [-0.25, -0.2) is 4.39 Å². The molecule has 1 amide bonds. The second-order valence-electron chi connectivity index (χ2n) is 5.97. The summed E-state index contributed by atoms with van der Waals surface area (Å²) in [6.45, 7) is 0. The maximum Gasteiger partial charge on any atom is 0.417 e. The van der Waals surface area contributed by atoms with Crippen LogP contribution in [0.5, 0.6) is 0 Å². The molecule has 25 heavy (non-hydrogen) atoms. The molecule has 2 atom stereocenters. The average Bonchev–Trinajstić information content (AvgIpc) is 2.53. The van der Waals surface area contributed by atoms with Gasteiger partial charge in [-0.05, 0) is 42.7 Å². The van der Waals surface area contributed by atoms with Crippen LogP contribution < -0.4 is 5.32 Å². The van der Waals surface area contributed by atoms with Gasteiger partial charge in [0, 0.05) is 17.0 Å². The summed E-state index contributed by atoms with van der Waals surface area (Å²) in [5, 5.41) is 2.86. The molecule has 2 aromatic carbocycles. The van der Waals surface area contributed by atoms with Crippen molar-refractivity contribution in [3.05, 3.63) is 70.0 Å². The Morgan fingerprint density at radius 1 is 1.12 bits per heavy atom. The Kier molecular flexibility index (Phi) is 4.73. The summed E-state index contributed by atoms with van der Waals surface area (Å²) >= 11 is 5.73. The van der Waals surface area contributed by atoms with Crippen LogP contribution in [0.4, 0.5) is 17.6 Å². The van der Waals surface area contributed by atoms with Gasteiger partial charge in [-0.3, -0.25) is 4.79 Å². The molecule has 0 radical (unpaired) electrons. The zero-order chi connectivity index (χ0) is 18.2. The second-order valence-corrected chi connectivity index (χ2v) is 6.41. The van der Waals surface area contributed by atoms with Crippen molar-refractivity contribution in [1.82, 2.24) is 5.32 Å². The highest BCUT2D eigenvalue weighted by molar-refractivity contribution is 6.30. The number of hydrogen-bond acceptors (Lipinski definition) is 1. The van der Waals surface area contributed by atoms with Crippen LogP contribution in [0.15, 0.2) is 42.5 Å². The summed E-state index contributed by atoms with van der Waals surface area (Å²) < 4.78 is 53.1. The van der Waals surface area contributed by atoms with Crippen molar-refractivity contribution >= 4 is 17.5 Å². The Bertz CT molecular complexity index is 806. The van der Waals surface area contributed by atoms with Crippen molar-refractivity contribution < 1.29 is 22.4 Å². The molecule has 0 saturated heterocycles. The molecule has 1 fully saturated rings. The third-order valence-corrected chi connectivity index (χ3v) is 4.67. The Morgan fingerprint density at radius 3 is 2.44 bits per heavy atom. The number of nitrogens with one attached hydrogen (secondary N) is 1. The van der Waals surface area contributed by atoms with Crippen molar-refractivity contribution in [3.63, 3.8) is 0 Å². The first-order valence-corrected chi connectivity index (χ1v) is 8.07. The summed E-state index contributed by atoms with van der Waals surface area (Å²) in [7, 11) is 0. The van der Waals surface area contributed by atoms with Crippen LogP contribution >= 0.6 is 11.6 Å². The SMILES string of the molecule is O=C(NC1CC[C@H]1c1ccc(Cl)cc1F)c1ccccc1C(F)(F)F. The van der Waals surface area contributed by atoms with E-state index in [0.29, 0.717) is 18.4 Å². The minimum absolute atomic E-state index is 0.264. The van der Waals surface area contributed by atoms with Gasteiger partial charge in [0.2, 0.25) is 0 Å². The molecular formula is C18H14ClF4NO. The maximum atomic E-state index is 14.0. The van der Waals surface area contributed by atoms with Gasteiger partial charge in [0.25, 0.3) is 5.91 Å². The minimum Gasteiger partial charge on any atom is -0.349 e.